The van der Waals surface area contributed by atoms with E-state index in [1.165, 1.54) is 18.3 Å². The standard InChI is InChI=1S/C15H10N2O5/c18-13-9-3-1-2-4-10(9)14(19)17(13)22-15(20)11-7-16-21-12(11)8-5-6-8/h1-4,7-8H,5-6H2. The Morgan fingerprint density at radius 3 is 2.41 bits per heavy atom. The summed E-state index contributed by atoms with van der Waals surface area (Å²) in [5.41, 5.74) is 0.583. The smallest absolute Gasteiger partial charge is 0.360 e. The van der Waals surface area contributed by atoms with Gasteiger partial charge in [0.1, 0.15) is 5.56 Å². The number of nitrogens with zero attached hydrogens (tertiary/aromatic N) is 2. The molecule has 22 heavy (non-hydrogen) atoms. The van der Waals surface area contributed by atoms with Crippen molar-refractivity contribution in [3.63, 3.8) is 0 Å². The number of hydrogen-bond acceptors (Lipinski definition) is 6. The molecule has 2 aromatic rings. The van der Waals surface area contributed by atoms with Crippen molar-refractivity contribution in [2.75, 3.05) is 0 Å². The first kappa shape index (κ1) is 12.8. The van der Waals surface area contributed by atoms with Crippen molar-refractivity contribution in [2.45, 2.75) is 18.8 Å². The van der Waals surface area contributed by atoms with Crippen molar-refractivity contribution in [1.29, 1.82) is 0 Å². The average molecular weight is 298 g/mol. The number of carbonyl (C=O) groups excluding carboxylic acids is 3. The Kier molecular flexibility index (Phi) is 2.62. The summed E-state index contributed by atoms with van der Waals surface area (Å²) in [4.78, 5) is 41.4. The van der Waals surface area contributed by atoms with E-state index < -0.39 is 17.8 Å². The van der Waals surface area contributed by atoms with Gasteiger partial charge < -0.3 is 9.36 Å². The minimum atomic E-state index is -0.822. The number of benzene rings is 1. The lowest BCUT2D eigenvalue weighted by Crippen LogP contribution is -2.32. The van der Waals surface area contributed by atoms with Crippen LogP contribution in [0.15, 0.2) is 35.0 Å². The zero-order chi connectivity index (χ0) is 15.3. The number of hydrogen-bond donors (Lipinski definition) is 0. The van der Waals surface area contributed by atoms with Crippen molar-refractivity contribution < 1.29 is 23.7 Å². The summed E-state index contributed by atoms with van der Waals surface area (Å²) in [7, 11) is 0. The average Bonchev–Trinajstić information content (AvgIpc) is 3.22. The quantitative estimate of drug-likeness (QED) is 0.804. The predicted molar refractivity (Wildman–Crippen MR) is 70.8 cm³/mol. The lowest BCUT2D eigenvalue weighted by molar-refractivity contribution is -0.0586. The topological polar surface area (TPSA) is 89.7 Å². The van der Waals surface area contributed by atoms with Crippen molar-refractivity contribution in [3.8, 4) is 0 Å². The lowest BCUT2D eigenvalue weighted by Gasteiger charge is -2.12. The number of rotatable bonds is 3. The largest absolute Gasteiger partial charge is 0.369 e. The maximum absolute atomic E-state index is 12.2. The monoisotopic (exact) mass is 298 g/mol. The molecule has 1 aliphatic heterocycles. The normalized spacial score (nSPS) is 16.8. The van der Waals surface area contributed by atoms with Gasteiger partial charge in [-0.2, -0.15) is 0 Å². The molecule has 7 heteroatoms. The molecule has 1 aliphatic carbocycles. The van der Waals surface area contributed by atoms with Crippen LogP contribution in [0.1, 0.15) is 55.6 Å². The van der Waals surface area contributed by atoms with Crippen LogP contribution >= 0.6 is 0 Å². The summed E-state index contributed by atoms with van der Waals surface area (Å²) >= 11 is 0. The highest BCUT2D eigenvalue weighted by molar-refractivity contribution is 6.21. The van der Waals surface area contributed by atoms with Crippen LogP contribution in [-0.2, 0) is 4.84 Å². The van der Waals surface area contributed by atoms with Crippen molar-refractivity contribution in [3.05, 3.63) is 52.9 Å². The molecule has 0 N–H and O–H groups in total. The van der Waals surface area contributed by atoms with Gasteiger partial charge in [0.25, 0.3) is 11.8 Å². The Morgan fingerprint density at radius 2 is 1.82 bits per heavy atom. The van der Waals surface area contributed by atoms with Crippen LogP contribution in [0.4, 0.5) is 0 Å². The third-order valence-electron chi connectivity index (χ3n) is 3.70. The molecule has 0 bridgehead atoms. The minimum absolute atomic E-state index is 0.152. The van der Waals surface area contributed by atoms with Crippen molar-refractivity contribution in [2.24, 2.45) is 0 Å². The molecule has 1 saturated carbocycles. The Bertz CT molecular complexity index is 771. The number of imide groups is 1. The van der Waals surface area contributed by atoms with Crippen LogP contribution in [0.5, 0.6) is 0 Å². The third kappa shape index (κ3) is 1.82. The third-order valence-corrected chi connectivity index (χ3v) is 3.70. The van der Waals surface area contributed by atoms with Gasteiger partial charge in [-0.05, 0) is 25.0 Å². The van der Waals surface area contributed by atoms with Gasteiger partial charge in [-0.3, -0.25) is 9.59 Å². The van der Waals surface area contributed by atoms with E-state index in [1.54, 1.807) is 12.1 Å². The van der Waals surface area contributed by atoms with Crippen LogP contribution in [0.25, 0.3) is 0 Å². The maximum atomic E-state index is 12.2. The van der Waals surface area contributed by atoms with E-state index in [1.807, 2.05) is 0 Å². The summed E-state index contributed by atoms with van der Waals surface area (Å²) in [5.74, 6) is -1.52. The fourth-order valence-electron chi connectivity index (χ4n) is 2.42. The number of fused-ring (bicyclic) bond motifs is 1. The molecule has 0 radical (unpaired) electrons. The number of aromatic nitrogens is 1. The van der Waals surface area contributed by atoms with Crippen LogP contribution in [0.3, 0.4) is 0 Å². The van der Waals surface area contributed by atoms with E-state index in [4.69, 9.17) is 9.36 Å². The second-order valence-corrected chi connectivity index (χ2v) is 5.21. The molecule has 0 unspecified atom stereocenters. The Hall–Kier alpha value is -2.96. The Balaban J connectivity index is 1.59. The number of amides is 2. The molecule has 2 aliphatic rings. The molecule has 110 valence electrons. The van der Waals surface area contributed by atoms with Crippen molar-refractivity contribution in [1.82, 2.24) is 10.2 Å². The molecule has 0 spiro atoms. The molecule has 2 heterocycles. The second-order valence-electron chi connectivity index (χ2n) is 5.21. The van der Waals surface area contributed by atoms with Gasteiger partial charge >= 0.3 is 5.97 Å². The molecule has 1 fully saturated rings. The minimum Gasteiger partial charge on any atom is -0.360 e. The van der Waals surface area contributed by atoms with E-state index in [9.17, 15) is 14.4 Å². The van der Waals surface area contributed by atoms with Crippen LogP contribution in [-0.4, -0.2) is 28.0 Å². The first-order valence-electron chi connectivity index (χ1n) is 6.81. The van der Waals surface area contributed by atoms with E-state index in [0.29, 0.717) is 10.8 Å². The van der Waals surface area contributed by atoms with Gasteiger partial charge in [0, 0.05) is 5.92 Å². The van der Waals surface area contributed by atoms with E-state index in [2.05, 4.69) is 5.16 Å². The summed E-state index contributed by atoms with van der Waals surface area (Å²) in [6, 6.07) is 6.30. The first-order chi connectivity index (χ1) is 10.7. The summed E-state index contributed by atoms with van der Waals surface area (Å²) in [5, 5.41) is 4.08. The molecule has 1 aromatic carbocycles. The zero-order valence-electron chi connectivity index (χ0n) is 11.3. The molecule has 2 amide bonds. The lowest BCUT2D eigenvalue weighted by atomic mass is 10.1. The summed E-state index contributed by atoms with van der Waals surface area (Å²) < 4.78 is 5.05. The zero-order valence-corrected chi connectivity index (χ0v) is 11.3. The van der Waals surface area contributed by atoms with Gasteiger partial charge in [0.2, 0.25) is 0 Å². The van der Waals surface area contributed by atoms with Gasteiger partial charge in [-0.15, -0.1) is 0 Å². The number of carbonyl (C=O) groups is 3. The van der Waals surface area contributed by atoms with Gasteiger partial charge in [0.05, 0.1) is 17.3 Å². The van der Waals surface area contributed by atoms with Crippen LogP contribution < -0.4 is 0 Å². The van der Waals surface area contributed by atoms with Crippen molar-refractivity contribution >= 4 is 17.8 Å². The van der Waals surface area contributed by atoms with Gasteiger partial charge in [0.15, 0.2) is 5.76 Å². The maximum Gasteiger partial charge on any atom is 0.369 e. The summed E-state index contributed by atoms with van der Waals surface area (Å²) in [6.45, 7) is 0. The summed E-state index contributed by atoms with van der Waals surface area (Å²) in [6.07, 6.45) is 3.08. The second kappa shape index (κ2) is 4.52. The highest BCUT2D eigenvalue weighted by atomic mass is 16.7. The molecule has 0 atom stereocenters. The molecular formula is C15H10N2O5. The Morgan fingerprint density at radius 1 is 1.18 bits per heavy atom. The fraction of sp³-hybridized carbons (Fsp3) is 0.200. The van der Waals surface area contributed by atoms with E-state index >= 15 is 0 Å². The molecule has 7 nitrogen and oxygen atoms in total. The highest BCUT2D eigenvalue weighted by Crippen LogP contribution is 2.41. The number of hydroxylamine groups is 2. The SMILES string of the molecule is O=C(ON1C(=O)c2ccccc2C1=O)c1cnoc1C1CC1. The molecule has 1 aromatic heterocycles. The molecule has 4 rings (SSSR count). The van der Waals surface area contributed by atoms with Gasteiger partial charge in [-0.25, -0.2) is 4.79 Å². The van der Waals surface area contributed by atoms with E-state index in [-0.39, 0.29) is 22.6 Å². The van der Waals surface area contributed by atoms with E-state index in [0.717, 1.165) is 12.8 Å². The van der Waals surface area contributed by atoms with Crippen LogP contribution in [0, 0.1) is 0 Å². The molecule has 0 saturated heterocycles. The Labute approximate surface area is 124 Å². The fourth-order valence-corrected chi connectivity index (χ4v) is 2.42. The predicted octanol–water partition coefficient (Wildman–Crippen LogP) is 1.92. The molecular weight excluding hydrogens is 288 g/mol. The van der Waals surface area contributed by atoms with Crippen LogP contribution in [0.2, 0.25) is 0 Å². The first-order valence-corrected chi connectivity index (χ1v) is 6.81. The highest BCUT2D eigenvalue weighted by Gasteiger charge is 2.40. The van der Waals surface area contributed by atoms with Gasteiger partial charge in [-0.1, -0.05) is 22.4 Å².